The molecule has 2 heterocycles. The van der Waals surface area contributed by atoms with Crippen molar-refractivity contribution in [1.82, 2.24) is 15.3 Å². The topological polar surface area (TPSA) is 57.8 Å². The first-order valence-electron chi connectivity index (χ1n) is 6.69. The van der Waals surface area contributed by atoms with Gasteiger partial charge in [-0.1, -0.05) is 18.2 Å². The van der Waals surface area contributed by atoms with Crippen LogP contribution in [0.2, 0.25) is 0 Å². The maximum absolute atomic E-state index is 12.0. The number of H-pyrrole nitrogens is 1. The van der Waals surface area contributed by atoms with Crippen LogP contribution in [-0.2, 0) is 6.42 Å². The van der Waals surface area contributed by atoms with E-state index in [0.29, 0.717) is 12.1 Å². The fourth-order valence-electron chi connectivity index (χ4n) is 2.24. The second-order valence-corrected chi connectivity index (χ2v) is 5.98. The quantitative estimate of drug-likeness (QED) is 0.672. The molecule has 0 saturated heterocycles. The zero-order valence-electron chi connectivity index (χ0n) is 11.3. The van der Waals surface area contributed by atoms with Crippen LogP contribution in [-0.4, -0.2) is 22.4 Å². The summed E-state index contributed by atoms with van der Waals surface area (Å²) in [6.07, 6.45) is 4.57. The van der Waals surface area contributed by atoms with Gasteiger partial charge in [0.25, 0.3) is 5.91 Å². The fraction of sp³-hybridized carbons (Fsp3) is 0.125. The summed E-state index contributed by atoms with van der Waals surface area (Å²) in [5, 5.41) is 4.06. The molecule has 0 unspecified atom stereocenters. The molecule has 0 atom stereocenters. The predicted octanol–water partition coefficient (Wildman–Crippen LogP) is 3.14. The second-order valence-electron chi connectivity index (χ2n) is 4.74. The van der Waals surface area contributed by atoms with Crippen molar-refractivity contribution in [3.8, 4) is 0 Å². The molecule has 5 heteroatoms. The molecule has 0 aliphatic carbocycles. The van der Waals surface area contributed by atoms with E-state index in [4.69, 9.17) is 0 Å². The first-order valence-corrected chi connectivity index (χ1v) is 7.76. The monoisotopic (exact) mass is 391 g/mol. The second kappa shape index (κ2) is 6.26. The van der Waals surface area contributed by atoms with E-state index in [1.54, 1.807) is 0 Å². The van der Waals surface area contributed by atoms with E-state index >= 15 is 0 Å². The van der Waals surface area contributed by atoms with E-state index in [-0.39, 0.29) is 5.91 Å². The zero-order valence-corrected chi connectivity index (χ0v) is 13.4. The lowest BCUT2D eigenvalue weighted by molar-refractivity contribution is 0.0954. The van der Waals surface area contributed by atoms with Gasteiger partial charge in [0.1, 0.15) is 5.65 Å². The van der Waals surface area contributed by atoms with E-state index in [1.165, 1.54) is 5.56 Å². The largest absolute Gasteiger partial charge is 0.352 e. The number of hydrogen-bond donors (Lipinski definition) is 2. The number of rotatable bonds is 4. The number of pyridine rings is 1. The van der Waals surface area contributed by atoms with Gasteiger partial charge < -0.3 is 10.3 Å². The van der Waals surface area contributed by atoms with Gasteiger partial charge in [-0.15, -0.1) is 0 Å². The Morgan fingerprint density at radius 1 is 1.29 bits per heavy atom. The molecule has 1 aromatic carbocycles. The number of nitrogens with zero attached hydrogens (tertiary/aromatic N) is 1. The summed E-state index contributed by atoms with van der Waals surface area (Å²) >= 11 is 2.25. The van der Waals surface area contributed by atoms with E-state index in [0.717, 1.165) is 21.0 Å². The lowest BCUT2D eigenvalue weighted by atomic mass is 10.1. The number of aromatic nitrogens is 2. The van der Waals surface area contributed by atoms with Crippen LogP contribution in [0.1, 0.15) is 15.9 Å². The van der Waals surface area contributed by atoms with Crippen molar-refractivity contribution in [2.75, 3.05) is 6.54 Å². The molecule has 3 aromatic rings. The maximum atomic E-state index is 12.0. The van der Waals surface area contributed by atoms with Crippen LogP contribution in [0.5, 0.6) is 0 Å². The third kappa shape index (κ3) is 3.24. The van der Waals surface area contributed by atoms with Crippen LogP contribution in [0.4, 0.5) is 0 Å². The lowest BCUT2D eigenvalue weighted by Gasteiger charge is -2.04. The normalized spacial score (nSPS) is 10.7. The molecule has 0 spiro atoms. The molecule has 0 fully saturated rings. The number of halogens is 1. The minimum absolute atomic E-state index is 0.0388. The van der Waals surface area contributed by atoms with Gasteiger partial charge in [0, 0.05) is 33.5 Å². The molecule has 106 valence electrons. The summed E-state index contributed by atoms with van der Waals surface area (Å²) < 4.78 is 1.11. The molecule has 0 aliphatic rings. The Morgan fingerprint density at radius 3 is 2.90 bits per heavy atom. The zero-order chi connectivity index (χ0) is 14.7. The third-order valence-electron chi connectivity index (χ3n) is 3.30. The smallest absolute Gasteiger partial charge is 0.251 e. The molecule has 1 amide bonds. The summed E-state index contributed by atoms with van der Waals surface area (Å²) in [6.45, 7) is 0.603. The molecule has 0 bridgehead atoms. The molecular formula is C16H14IN3O. The van der Waals surface area contributed by atoms with Crippen LogP contribution < -0.4 is 5.32 Å². The van der Waals surface area contributed by atoms with Gasteiger partial charge >= 0.3 is 0 Å². The molecule has 2 N–H and O–H groups in total. The first-order chi connectivity index (χ1) is 10.2. The molecular weight excluding hydrogens is 377 g/mol. The molecule has 21 heavy (non-hydrogen) atoms. The Morgan fingerprint density at radius 2 is 2.10 bits per heavy atom. The van der Waals surface area contributed by atoms with Gasteiger partial charge in [0.05, 0.1) is 0 Å². The molecule has 0 saturated carbocycles. The summed E-state index contributed by atoms with van der Waals surface area (Å²) in [5.74, 6) is -0.0388. The average Bonchev–Trinajstić information content (AvgIpc) is 2.90. The van der Waals surface area contributed by atoms with Crippen molar-refractivity contribution in [3.63, 3.8) is 0 Å². The Hall–Kier alpha value is -1.89. The summed E-state index contributed by atoms with van der Waals surface area (Å²) in [4.78, 5) is 19.5. The molecule has 4 nitrogen and oxygen atoms in total. The number of amides is 1. The van der Waals surface area contributed by atoms with E-state index in [9.17, 15) is 4.79 Å². The van der Waals surface area contributed by atoms with Gasteiger partial charge in [-0.25, -0.2) is 4.98 Å². The van der Waals surface area contributed by atoms with Gasteiger partial charge in [-0.05, 0) is 52.8 Å². The van der Waals surface area contributed by atoms with Crippen molar-refractivity contribution < 1.29 is 4.79 Å². The van der Waals surface area contributed by atoms with Crippen LogP contribution >= 0.6 is 22.6 Å². The van der Waals surface area contributed by atoms with Crippen LogP contribution in [0.3, 0.4) is 0 Å². The Bertz CT molecular complexity index is 768. The highest BCUT2D eigenvalue weighted by Gasteiger charge is 2.07. The van der Waals surface area contributed by atoms with E-state index < -0.39 is 0 Å². The number of nitrogens with one attached hydrogen (secondary N) is 2. The Kier molecular flexibility index (Phi) is 4.19. The Balaban J connectivity index is 1.65. The number of carbonyl (C=O) groups is 1. The minimum Gasteiger partial charge on any atom is -0.352 e. The van der Waals surface area contributed by atoms with Gasteiger partial charge in [-0.2, -0.15) is 0 Å². The van der Waals surface area contributed by atoms with E-state index in [2.05, 4.69) is 43.9 Å². The lowest BCUT2D eigenvalue weighted by Crippen LogP contribution is -2.25. The molecule has 0 aliphatic heterocycles. The molecule has 0 radical (unpaired) electrons. The van der Waals surface area contributed by atoms with Crippen LogP contribution in [0.25, 0.3) is 11.0 Å². The predicted molar refractivity (Wildman–Crippen MR) is 91.3 cm³/mol. The van der Waals surface area contributed by atoms with Crippen molar-refractivity contribution in [3.05, 3.63) is 63.5 Å². The van der Waals surface area contributed by atoms with Crippen LogP contribution in [0, 0.1) is 3.57 Å². The van der Waals surface area contributed by atoms with Gasteiger partial charge in [0.2, 0.25) is 0 Å². The number of carbonyl (C=O) groups excluding carboxylic acids is 1. The van der Waals surface area contributed by atoms with Crippen molar-refractivity contribution in [2.24, 2.45) is 0 Å². The number of aromatic amines is 1. The average molecular weight is 391 g/mol. The van der Waals surface area contributed by atoms with Gasteiger partial charge in [-0.3, -0.25) is 4.79 Å². The first kappa shape index (κ1) is 14.1. The van der Waals surface area contributed by atoms with Crippen LogP contribution in [0.15, 0.2) is 48.8 Å². The highest BCUT2D eigenvalue weighted by atomic mass is 127. The van der Waals surface area contributed by atoms with Crippen molar-refractivity contribution in [2.45, 2.75) is 6.42 Å². The highest BCUT2D eigenvalue weighted by Crippen LogP contribution is 2.18. The summed E-state index contributed by atoms with van der Waals surface area (Å²) in [6, 6.07) is 11.4. The SMILES string of the molecule is O=C(NCCc1c[nH]c2ncc(I)cc12)c1ccccc1. The third-order valence-corrected chi connectivity index (χ3v) is 3.89. The number of hydrogen-bond acceptors (Lipinski definition) is 2. The summed E-state index contributed by atoms with van der Waals surface area (Å²) in [5.41, 5.74) is 2.75. The van der Waals surface area contributed by atoms with Crippen molar-refractivity contribution in [1.29, 1.82) is 0 Å². The Labute approximate surface area is 136 Å². The molecule has 3 rings (SSSR count). The van der Waals surface area contributed by atoms with E-state index in [1.807, 2.05) is 42.7 Å². The molecule has 2 aromatic heterocycles. The summed E-state index contributed by atoms with van der Waals surface area (Å²) in [7, 11) is 0. The minimum atomic E-state index is -0.0388. The number of benzene rings is 1. The number of fused-ring (bicyclic) bond motifs is 1. The standard InChI is InChI=1S/C16H14IN3O/c17-13-8-14-12(9-19-15(14)20-10-13)6-7-18-16(21)11-4-2-1-3-5-11/h1-5,8-10H,6-7H2,(H,18,21)(H,19,20). The van der Waals surface area contributed by atoms with Crippen molar-refractivity contribution >= 4 is 39.5 Å². The maximum Gasteiger partial charge on any atom is 0.251 e. The van der Waals surface area contributed by atoms with Gasteiger partial charge in [0.15, 0.2) is 0 Å². The highest BCUT2D eigenvalue weighted by molar-refractivity contribution is 14.1. The fourth-order valence-corrected chi connectivity index (χ4v) is 2.69.